The molecule has 130 valence electrons. The van der Waals surface area contributed by atoms with Crippen molar-refractivity contribution in [2.45, 2.75) is 12.8 Å². The minimum Gasteiger partial charge on any atom is -0.343 e. The number of hydrazone groups is 1. The van der Waals surface area contributed by atoms with Crippen LogP contribution in [0.4, 0.5) is 5.13 Å². The van der Waals surface area contributed by atoms with Crippen LogP contribution in [0.1, 0.15) is 12.8 Å². The summed E-state index contributed by atoms with van der Waals surface area (Å²) in [4.78, 5) is 28.7. The van der Waals surface area contributed by atoms with Crippen LogP contribution in [0.15, 0.2) is 22.6 Å². The minimum absolute atomic E-state index is 0.0869. The Morgan fingerprint density at radius 2 is 2.00 bits per heavy atom. The molecule has 0 saturated carbocycles. The van der Waals surface area contributed by atoms with Gasteiger partial charge in [0, 0.05) is 39.0 Å². The summed E-state index contributed by atoms with van der Waals surface area (Å²) in [6, 6.07) is 4.04. The number of hydrogen-bond donors (Lipinski definition) is 1. The standard InChI is InChI=1S/C15H16N6O2S2/c22-12-4-3-10(16-17-12)14(23)20-5-7-21(8-6-20)15-19-18-13(25-15)11-2-1-9-24-11/h1-2,9H,3-8H2,(H,17,22). The smallest absolute Gasteiger partial charge is 0.270 e. The molecule has 2 aliphatic rings. The van der Waals surface area contributed by atoms with Gasteiger partial charge in [0.05, 0.1) is 4.88 Å². The molecule has 1 saturated heterocycles. The highest BCUT2D eigenvalue weighted by Gasteiger charge is 2.27. The third-order valence-corrected chi connectivity index (χ3v) is 6.16. The lowest BCUT2D eigenvalue weighted by atomic mass is 10.1. The molecule has 8 nitrogen and oxygen atoms in total. The molecule has 10 heteroatoms. The zero-order chi connectivity index (χ0) is 17.2. The van der Waals surface area contributed by atoms with Gasteiger partial charge >= 0.3 is 0 Å². The van der Waals surface area contributed by atoms with Crippen molar-refractivity contribution in [2.24, 2.45) is 5.10 Å². The Bertz CT molecular complexity index is 808. The number of nitrogens with one attached hydrogen (secondary N) is 1. The molecule has 0 aromatic carbocycles. The number of hydrogen-bond acceptors (Lipinski definition) is 8. The van der Waals surface area contributed by atoms with Gasteiger partial charge in [0.1, 0.15) is 5.71 Å². The summed E-state index contributed by atoms with van der Waals surface area (Å²) in [6.45, 7) is 2.65. The van der Waals surface area contributed by atoms with Gasteiger partial charge in [0.25, 0.3) is 5.91 Å². The average Bonchev–Trinajstić information content (AvgIpc) is 3.33. The number of anilines is 1. The molecule has 2 aromatic heterocycles. The van der Waals surface area contributed by atoms with Crippen LogP contribution in [0.25, 0.3) is 9.88 Å². The van der Waals surface area contributed by atoms with Crippen LogP contribution in [-0.2, 0) is 9.59 Å². The van der Waals surface area contributed by atoms with Crippen molar-refractivity contribution in [3.05, 3.63) is 17.5 Å². The van der Waals surface area contributed by atoms with Gasteiger partial charge in [-0.3, -0.25) is 9.59 Å². The second kappa shape index (κ2) is 6.89. The Balaban J connectivity index is 1.37. The maximum atomic E-state index is 12.5. The quantitative estimate of drug-likeness (QED) is 0.869. The highest BCUT2D eigenvalue weighted by molar-refractivity contribution is 7.22. The van der Waals surface area contributed by atoms with E-state index in [0.29, 0.717) is 44.7 Å². The molecule has 0 spiro atoms. The lowest BCUT2D eigenvalue weighted by molar-refractivity contribution is -0.124. The van der Waals surface area contributed by atoms with Crippen LogP contribution >= 0.6 is 22.7 Å². The molecule has 2 aromatic rings. The second-order valence-electron chi connectivity index (χ2n) is 5.74. The van der Waals surface area contributed by atoms with E-state index in [1.807, 2.05) is 17.5 Å². The van der Waals surface area contributed by atoms with Gasteiger partial charge in [-0.2, -0.15) is 5.10 Å². The molecule has 4 heterocycles. The molecular weight excluding hydrogens is 360 g/mol. The van der Waals surface area contributed by atoms with E-state index >= 15 is 0 Å². The van der Waals surface area contributed by atoms with Gasteiger partial charge in [0.2, 0.25) is 11.0 Å². The van der Waals surface area contributed by atoms with E-state index in [9.17, 15) is 9.59 Å². The molecule has 4 rings (SSSR count). The van der Waals surface area contributed by atoms with Crippen molar-refractivity contribution < 1.29 is 9.59 Å². The molecular formula is C15H16N6O2S2. The highest BCUT2D eigenvalue weighted by atomic mass is 32.1. The average molecular weight is 376 g/mol. The van der Waals surface area contributed by atoms with Crippen LogP contribution in [0.3, 0.4) is 0 Å². The van der Waals surface area contributed by atoms with Crippen molar-refractivity contribution >= 4 is 45.3 Å². The van der Waals surface area contributed by atoms with Gasteiger partial charge < -0.3 is 9.80 Å². The number of carbonyl (C=O) groups is 2. The van der Waals surface area contributed by atoms with Gasteiger partial charge in [-0.05, 0) is 11.4 Å². The fourth-order valence-electron chi connectivity index (χ4n) is 2.75. The molecule has 0 aliphatic carbocycles. The molecule has 0 bridgehead atoms. The monoisotopic (exact) mass is 376 g/mol. The van der Waals surface area contributed by atoms with E-state index in [1.54, 1.807) is 27.6 Å². The Morgan fingerprint density at radius 1 is 1.16 bits per heavy atom. The first-order valence-electron chi connectivity index (χ1n) is 7.98. The number of rotatable bonds is 3. The zero-order valence-electron chi connectivity index (χ0n) is 13.3. The van der Waals surface area contributed by atoms with Crippen molar-refractivity contribution in [3.63, 3.8) is 0 Å². The summed E-state index contributed by atoms with van der Waals surface area (Å²) >= 11 is 3.22. The molecule has 2 aliphatic heterocycles. The van der Waals surface area contributed by atoms with E-state index in [-0.39, 0.29) is 11.8 Å². The van der Waals surface area contributed by atoms with E-state index in [0.717, 1.165) is 15.0 Å². The van der Waals surface area contributed by atoms with E-state index < -0.39 is 0 Å². The first-order chi connectivity index (χ1) is 12.2. The number of aromatic nitrogens is 2. The van der Waals surface area contributed by atoms with Gasteiger partial charge in [-0.25, -0.2) is 5.43 Å². The van der Waals surface area contributed by atoms with Crippen molar-refractivity contribution in [1.82, 2.24) is 20.5 Å². The molecule has 1 fully saturated rings. The first-order valence-corrected chi connectivity index (χ1v) is 9.67. The van der Waals surface area contributed by atoms with Crippen molar-refractivity contribution in [1.29, 1.82) is 0 Å². The van der Waals surface area contributed by atoms with Crippen molar-refractivity contribution in [3.8, 4) is 9.88 Å². The fourth-order valence-corrected chi connectivity index (χ4v) is 4.44. The lowest BCUT2D eigenvalue weighted by Crippen LogP contribution is -2.51. The number of thiophene rings is 1. The predicted octanol–water partition coefficient (Wildman–Crippen LogP) is 1.18. The number of nitrogens with zero attached hydrogens (tertiary/aromatic N) is 5. The molecule has 1 N–H and O–H groups in total. The molecule has 2 amide bonds. The minimum atomic E-state index is -0.140. The Morgan fingerprint density at radius 3 is 2.68 bits per heavy atom. The SMILES string of the molecule is O=C1CCC(C(=O)N2CCN(c3nnc(-c4cccs4)s3)CC2)=NN1. The summed E-state index contributed by atoms with van der Waals surface area (Å²) in [5, 5.41) is 16.3. The summed E-state index contributed by atoms with van der Waals surface area (Å²) < 4.78 is 0. The van der Waals surface area contributed by atoms with Crippen LogP contribution in [0.5, 0.6) is 0 Å². The van der Waals surface area contributed by atoms with Crippen LogP contribution in [0.2, 0.25) is 0 Å². The Labute approximate surface area is 152 Å². The van der Waals surface area contributed by atoms with Crippen LogP contribution in [0, 0.1) is 0 Å². The topological polar surface area (TPSA) is 90.8 Å². The number of piperazine rings is 1. The maximum Gasteiger partial charge on any atom is 0.270 e. The summed E-state index contributed by atoms with van der Waals surface area (Å²) in [5.74, 6) is -0.227. The number of carbonyl (C=O) groups excluding carboxylic acids is 2. The Hall–Kier alpha value is -2.33. The lowest BCUT2D eigenvalue weighted by Gasteiger charge is -2.34. The van der Waals surface area contributed by atoms with Gasteiger partial charge in [-0.15, -0.1) is 21.5 Å². The van der Waals surface area contributed by atoms with Crippen molar-refractivity contribution in [2.75, 3.05) is 31.1 Å². The molecule has 25 heavy (non-hydrogen) atoms. The third-order valence-electron chi connectivity index (χ3n) is 4.13. The van der Waals surface area contributed by atoms with Gasteiger partial charge in [0.15, 0.2) is 5.01 Å². The fraction of sp³-hybridized carbons (Fsp3) is 0.400. The normalized spacial score (nSPS) is 18.1. The third kappa shape index (κ3) is 3.40. The van der Waals surface area contributed by atoms with E-state index in [1.165, 1.54) is 0 Å². The maximum absolute atomic E-state index is 12.5. The number of amides is 2. The largest absolute Gasteiger partial charge is 0.343 e. The van der Waals surface area contributed by atoms with Gasteiger partial charge in [-0.1, -0.05) is 17.4 Å². The highest BCUT2D eigenvalue weighted by Crippen LogP contribution is 2.31. The zero-order valence-corrected chi connectivity index (χ0v) is 15.0. The summed E-state index contributed by atoms with van der Waals surface area (Å²) in [5.41, 5.74) is 2.81. The molecule has 0 atom stereocenters. The van der Waals surface area contributed by atoms with E-state index in [4.69, 9.17) is 0 Å². The van der Waals surface area contributed by atoms with E-state index in [2.05, 4.69) is 25.6 Å². The van der Waals surface area contributed by atoms with Crippen LogP contribution in [-0.4, -0.2) is 58.8 Å². The summed E-state index contributed by atoms with van der Waals surface area (Å²) in [6.07, 6.45) is 0.728. The summed E-state index contributed by atoms with van der Waals surface area (Å²) in [7, 11) is 0. The molecule has 0 unspecified atom stereocenters. The van der Waals surface area contributed by atoms with Crippen LogP contribution < -0.4 is 10.3 Å². The predicted molar refractivity (Wildman–Crippen MR) is 96.8 cm³/mol. The Kier molecular flexibility index (Phi) is 4.45. The molecule has 0 radical (unpaired) electrons. The first kappa shape index (κ1) is 16.2. The second-order valence-corrected chi connectivity index (χ2v) is 7.64.